The van der Waals surface area contributed by atoms with E-state index in [4.69, 9.17) is 19.1 Å². The molecule has 0 bridgehead atoms. The Morgan fingerprint density at radius 3 is 2.15 bits per heavy atom. The van der Waals surface area contributed by atoms with Crippen molar-refractivity contribution >= 4 is 60.4 Å². The van der Waals surface area contributed by atoms with Gasteiger partial charge in [0.25, 0.3) is 0 Å². The molecule has 4 heterocycles. The molecule has 306 valence electrons. The number of imidazole rings is 2. The van der Waals surface area contributed by atoms with E-state index in [9.17, 15) is 0 Å². The molecule has 0 atom stereocenters. The molecule has 0 aliphatic carbocycles. The van der Waals surface area contributed by atoms with Gasteiger partial charge in [0.1, 0.15) is 5.52 Å². The number of ether oxygens (including phenoxy) is 1. The SMILES string of the molecule is Cc1cc2c3c(C)cc(Oc4[c-]c(-c5nc6ccccc6n5-c5c(C(C)C)cc(-c6ccccc6)cc5C(C)C)ccc4)[c-]c3c3nc4ccc5ccoc5c4n3c2cc1C.[Pt+2]. The van der Waals surface area contributed by atoms with E-state index in [1.54, 1.807) is 6.26 Å². The Bertz CT molecular complexity index is 3530. The van der Waals surface area contributed by atoms with Gasteiger partial charge in [0.15, 0.2) is 5.58 Å². The Hall–Kier alpha value is -6.49. The van der Waals surface area contributed by atoms with E-state index in [1.807, 2.05) is 18.2 Å². The molecule has 0 saturated carbocycles. The summed E-state index contributed by atoms with van der Waals surface area (Å²) in [5.41, 5.74) is 17.0. The van der Waals surface area contributed by atoms with Crippen LogP contribution in [0.2, 0.25) is 0 Å². The van der Waals surface area contributed by atoms with Crippen LogP contribution in [-0.4, -0.2) is 18.9 Å². The third-order valence-corrected chi connectivity index (χ3v) is 12.4. The molecule has 0 fully saturated rings. The number of hydrogen-bond acceptors (Lipinski definition) is 4. The molecule has 0 amide bonds. The second-order valence-electron chi connectivity index (χ2n) is 17.0. The largest absolute Gasteiger partial charge is 2.00 e. The number of nitrogens with zero attached hydrogens (tertiary/aromatic N) is 4. The number of benzene rings is 7. The van der Waals surface area contributed by atoms with Crippen molar-refractivity contribution in [1.82, 2.24) is 18.9 Å². The summed E-state index contributed by atoms with van der Waals surface area (Å²) in [5, 5.41) is 4.17. The summed E-state index contributed by atoms with van der Waals surface area (Å²) in [5.74, 6) is 2.49. The predicted molar refractivity (Wildman–Crippen MR) is 250 cm³/mol. The Labute approximate surface area is 375 Å². The van der Waals surface area contributed by atoms with Gasteiger partial charge in [-0.2, -0.15) is 0 Å². The number of hydrogen-bond donors (Lipinski definition) is 0. The van der Waals surface area contributed by atoms with Crippen molar-refractivity contribution < 1.29 is 30.2 Å². The van der Waals surface area contributed by atoms with Crippen molar-refractivity contribution in [2.24, 2.45) is 0 Å². The maximum Gasteiger partial charge on any atom is 2.00 e. The van der Waals surface area contributed by atoms with Crippen LogP contribution < -0.4 is 4.74 Å². The fourth-order valence-corrected chi connectivity index (χ4v) is 9.23. The fourth-order valence-electron chi connectivity index (χ4n) is 9.23. The summed E-state index contributed by atoms with van der Waals surface area (Å²) in [7, 11) is 0. The zero-order valence-corrected chi connectivity index (χ0v) is 38.0. The number of para-hydroxylation sites is 2. The van der Waals surface area contributed by atoms with Gasteiger partial charge in [0.05, 0.1) is 34.3 Å². The van der Waals surface area contributed by atoms with Gasteiger partial charge in [-0.1, -0.05) is 112 Å². The predicted octanol–water partition coefficient (Wildman–Crippen LogP) is 14.8. The van der Waals surface area contributed by atoms with E-state index >= 15 is 0 Å². The van der Waals surface area contributed by atoms with Crippen LogP contribution in [0.4, 0.5) is 0 Å². The Morgan fingerprint density at radius 1 is 0.629 bits per heavy atom. The van der Waals surface area contributed by atoms with Crippen LogP contribution >= 0.6 is 0 Å². The maximum absolute atomic E-state index is 6.77. The molecule has 0 aliphatic heterocycles. The quantitative estimate of drug-likeness (QED) is 0.118. The van der Waals surface area contributed by atoms with Crippen molar-refractivity contribution in [2.75, 3.05) is 0 Å². The molecule has 7 aromatic carbocycles. The van der Waals surface area contributed by atoms with E-state index in [1.165, 1.54) is 39.1 Å². The molecule has 0 N–H and O–H groups in total. The molecule has 11 rings (SSSR count). The minimum absolute atomic E-state index is 0. The number of aryl methyl sites for hydroxylation is 3. The number of fused-ring (bicyclic) bond motifs is 11. The normalized spacial score (nSPS) is 12.0. The van der Waals surface area contributed by atoms with Gasteiger partial charge in [0, 0.05) is 28.1 Å². The second-order valence-corrected chi connectivity index (χ2v) is 17.0. The molecule has 0 saturated heterocycles. The van der Waals surface area contributed by atoms with Crippen molar-refractivity contribution in [1.29, 1.82) is 0 Å². The molecule has 0 spiro atoms. The minimum atomic E-state index is 0. The molecule has 11 aromatic rings. The number of rotatable bonds is 7. The minimum Gasteiger partial charge on any atom is -0.497 e. The van der Waals surface area contributed by atoms with E-state index in [2.05, 4.69) is 173 Å². The van der Waals surface area contributed by atoms with Gasteiger partial charge < -0.3 is 18.1 Å². The van der Waals surface area contributed by atoms with Crippen LogP contribution in [0.15, 0.2) is 132 Å². The molecule has 0 unspecified atom stereocenters. The maximum atomic E-state index is 6.77. The van der Waals surface area contributed by atoms with Crippen LogP contribution in [-0.2, 0) is 21.1 Å². The van der Waals surface area contributed by atoms with Gasteiger partial charge in [-0.05, 0) is 113 Å². The second kappa shape index (κ2) is 15.1. The van der Waals surface area contributed by atoms with Crippen molar-refractivity contribution in [3.63, 3.8) is 0 Å². The van der Waals surface area contributed by atoms with Crippen LogP contribution in [0.1, 0.15) is 67.3 Å². The number of aromatic nitrogens is 4. The monoisotopic (exact) mass is 987 g/mol. The average Bonchev–Trinajstić information content (AvgIpc) is 4.00. The van der Waals surface area contributed by atoms with Crippen molar-refractivity contribution in [2.45, 2.75) is 60.3 Å². The van der Waals surface area contributed by atoms with Crippen LogP contribution in [0.25, 0.3) is 88.6 Å². The first-order valence-electron chi connectivity index (χ1n) is 21.1. The molecule has 62 heavy (non-hydrogen) atoms. The van der Waals surface area contributed by atoms with E-state index in [0.717, 1.165) is 77.3 Å². The molecule has 6 nitrogen and oxygen atoms in total. The van der Waals surface area contributed by atoms with Gasteiger partial charge in [-0.3, -0.25) is 9.97 Å². The molecule has 0 aliphatic rings. The van der Waals surface area contributed by atoms with E-state index < -0.39 is 0 Å². The van der Waals surface area contributed by atoms with E-state index in [0.29, 0.717) is 11.5 Å². The third-order valence-electron chi connectivity index (χ3n) is 12.4. The summed E-state index contributed by atoms with van der Waals surface area (Å²) < 4.78 is 17.5. The summed E-state index contributed by atoms with van der Waals surface area (Å²) in [4.78, 5) is 10.5. The van der Waals surface area contributed by atoms with Crippen LogP contribution in [0.5, 0.6) is 11.5 Å². The Morgan fingerprint density at radius 2 is 1.37 bits per heavy atom. The zero-order valence-electron chi connectivity index (χ0n) is 35.7. The summed E-state index contributed by atoms with van der Waals surface area (Å²) in [6, 6.07) is 50.0. The van der Waals surface area contributed by atoms with Gasteiger partial charge in [-0.25, -0.2) is 0 Å². The van der Waals surface area contributed by atoms with Gasteiger partial charge >= 0.3 is 21.1 Å². The number of furan rings is 1. The first-order valence-corrected chi connectivity index (χ1v) is 21.1. The smallest absolute Gasteiger partial charge is 0.497 e. The van der Waals surface area contributed by atoms with Crippen LogP contribution in [0.3, 0.4) is 0 Å². The summed E-state index contributed by atoms with van der Waals surface area (Å²) >= 11 is 0. The third kappa shape index (κ3) is 6.26. The first kappa shape index (κ1) is 39.6. The Balaban J connectivity index is 0.00000458. The zero-order chi connectivity index (χ0) is 41.7. The molecule has 7 heteroatoms. The summed E-state index contributed by atoms with van der Waals surface area (Å²) in [6.07, 6.45) is 1.75. The van der Waals surface area contributed by atoms with Gasteiger partial charge in [-0.15, -0.1) is 29.3 Å². The van der Waals surface area contributed by atoms with Crippen molar-refractivity contribution in [3.8, 4) is 39.7 Å². The molecular formula is C55H44N4O2Pt. The first-order chi connectivity index (χ1) is 29.6. The van der Waals surface area contributed by atoms with E-state index in [-0.39, 0.29) is 32.9 Å². The summed E-state index contributed by atoms with van der Waals surface area (Å²) in [6.45, 7) is 15.6. The number of pyridine rings is 1. The molecular weight excluding hydrogens is 944 g/mol. The van der Waals surface area contributed by atoms with Crippen LogP contribution in [0, 0.1) is 32.9 Å². The average molecular weight is 988 g/mol. The fraction of sp³-hybridized carbons (Fsp3) is 0.164. The molecule has 0 radical (unpaired) electrons. The van der Waals surface area contributed by atoms with Gasteiger partial charge in [0.2, 0.25) is 0 Å². The topological polar surface area (TPSA) is 57.5 Å². The standard InChI is InChI=1S/C55H44N4O2.Pt/c1-31(2)42-28-39(36-14-9-8-10-15-36)29-43(32(3)4)51(42)58-48-19-12-11-18-46(48)56-54(58)38-16-13-17-40(27-38)61-41-24-35(7)50-44-25-33(5)34(6)26-49(44)59-52-47(57-55(59)45(50)30-41)21-20-37-22-23-60-53(37)52;/h8-26,28-29,31-32H,1-7H3;/q-2;+2. The Kier molecular flexibility index (Phi) is 9.68. The molecule has 4 aromatic heterocycles. The van der Waals surface area contributed by atoms with Crippen molar-refractivity contribution in [3.05, 3.63) is 168 Å².